The van der Waals surface area contributed by atoms with Crippen molar-refractivity contribution in [3.05, 3.63) is 52.0 Å². The van der Waals surface area contributed by atoms with Gasteiger partial charge in [0.25, 0.3) is 0 Å². The average Bonchev–Trinajstić information content (AvgIpc) is 3.31. The number of fused-ring (bicyclic) bond motifs is 1. The summed E-state index contributed by atoms with van der Waals surface area (Å²) >= 11 is 3.42. The minimum atomic E-state index is -3.98. The Kier molecular flexibility index (Phi) is 8.35. The summed E-state index contributed by atoms with van der Waals surface area (Å²) in [6.45, 7) is 4.46. The first-order valence-corrected chi connectivity index (χ1v) is 14.6. The Balaban J connectivity index is 1.55. The van der Waals surface area contributed by atoms with Crippen molar-refractivity contribution in [1.82, 2.24) is 4.31 Å². The number of sulfonamides is 1. The van der Waals surface area contributed by atoms with E-state index < -0.39 is 21.9 Å². The Labute approximate surface area is 225 Å². The molecule has 0 radical (unpaired) electrons. The van der Waals surface area contributed by atoms with Crippen LogP contribution in [0.2, 0.25) is 0 Å². The van der Waals surface area contributed by atoms with Crippen molar-refractivity contribution in [3.8, 4) is 0 Å². The summed E-state index contributed by atoms with van der Waals surface area (Å²) in [7, 11) is -3.98. The molecule has 2 aromatic carbocycles. The van der Waals surface area contributed by atoms with Crippen LogP contribution >= 0.6 is 15.9 Å². The Morgan fingerprint density at radius 3 is 2.65 bits per heavy atom. The van der Waals surface area contributed by atoms with Gasteiger partial charge in [0, 0.05) is 36.2 Å². The second-order valence-corrected chi connectivity index (χ2v) is 11.9. The molecule has 2 amide bonds. The highest BCUT2D eigenvalue weighted by molar-refractivity contribution is 9.10. The Morgan fingerprint density at radius 2 is 1.92 bits per heavy atom. The topological polar surface area (TPSA) is 113 Å². The van der Waals surface area contributed by atoms with Gasteiger partial charge in [-0.25, -0.2) is 13.2 Å². The fraction of sp³-hybridized carbons (Fsp3) is 0.423. The molecule has 1 unspecified atom stereocenters. The zero-order valence-electron chi connectivity index (χ0n) is 20.8. The van der Waals surface area contributed by atoms with Crippen molar-refractivity contribution in [2.45, 2.75) is 44.4 Å². The number of rotatable bonds is 7. The number of carbonyl (C=O) groups is 3. The number of hydrogen-bond donors (Lipinski definition) is 1. The lowest BCUT2D eigenvalue weighted by molar-refractivity contribution is -0.121. The first kappa shape index (κ1) is 27.3. The lowest BCUT2D eigenvalue weighted by Gasteiger charge is -2.32. The number of nitrogens with zero attached hydrogens (tertiary/aromatic N) is 2. The SMILES string of the molecule is CCOC(=O)c1cccc(NC(=O)C2CCCN(S(=O)(=O)c3cc(Br)cc4c3N(C(=O)CC)CC4)C2)c1. The van der Waals surface area contributed by atoms with E-state index in [2.05, 4.69) is 21.2 Å². The van der Waals surface area contributed by atoms with Crippen LogP contribution in [0.5, 0.6) is 0 Å². The van der Waals surface area contributed by atoms with E-state index in [1.807, 2.05) is 6.07 Å². The summed E-state index contributed by atoms with van der Waals surface area (Å²) in [5.41, 5.74) is 2.01. The van der Waals surface area contributed by atoms with Crippen molar-refractivity contribution >= 4 is 55.1 Å². The molecule has 2 heterocycles. The van der Waals surface area contributed by atoms with E-state index in [1.54, 1.807) is 43.0 Å². The first-order chi connectivity index (χ1) is 17.6. The average molecular weight is 593 g/mol. The molecule has 2 aliphatic rings. The molecular formula is C26H30BrN3O6S. The molecule has 0 spiro atoms. The van der Waals surface area contributed by atoms with Gasteiger partial charge in [0.05, 0.1) is 23.8 Å². The summed E-state index contributed by atoms with van der Waals surface area (Å²) < 4.78 is 34.7. The number of nitrogens with one attached hydrogen (secondary N) is 1. The van der Waals surface area contributed by atoms with E-state index >= 15 is 0 Å². The van der Waals surface area contributed by atoms with Gasteiger partial charge in [-0.3, -0.25) is 9.59 Å². The van der Waals surface area contributed by atoms with Crippen molar-refractivity contribution in [2.75, 3.05) is 36.5 Å². The van der Waals surface area contributed by atoms with E-state index in [4.69, 9.17) is 4.74 Å². The van der Waals surface area contributed by atoms with Gasteiger partial charge in [-0.05, 0) is 62.1 Å². The van der Waals surface area contributed by atoms with Crippen LogP contribution in [0.4, 0.5) is 11.4 Å². The highest BCUT2D eigenvalue weighted by atomic mass is 79.9. The molecule has 1 atom stereocenters. The van der Waals surface area contributed by atoms with Gasteiger partial charge < -0.3 is 15.0 Å². The van der Waals surface area contributed by atoms with Gasteiger partial charge in [0.1, 0.15) is 4.90 Å². The Morgan fingerprint density at radius 1 is 1.14 bits per heavy atom. The van der Waals surface area contributed by atoms with Crippen LogP contribution in [0.15, 0.2) is 45.8 Å². The number of hydrogen-bond acceptors (Lipinski definition) is 6. The predicted octanol–water partition coefficient (Wildman–Crippen LogP) is 3.96. The van der Waals surface area contributed by atoms with Crippen LogP contribution in [0.25, 0.3) is 0 Å². The highest BCUT2D eigenvalue weighted by Gasteiger charge is 2.38. The number of anilines is 2. The van der Waals surface area contributed by atoms with Crippen LogP contribution in [-0.4, -0.2) is 56.7 Å². The molecule has 0 aromatic heterocycles. The molecule has 4 rings (SSSR count). The number of ether oxygens (including phenoxy) is 1. The van der Waals surface area contributed by atoms with Gasteiger partial charge in [-0.1, -0.05) is 28.9 Å². The van der Waals surface area contributed by atoms with Crippen molar-refractivity contribution in [2.24, 2.45) is 5.92 Å². The van der Waals surface area contributed by atoms with Gasteiger partial charge in [-0.15, -0.1) is 0 Å². The summed E-state index contributed by atoms with van der Waals surface area (Å²) in [5.74, 6) is -1.49. The highest BCUT2D eigenvalue weighted by Crippen LogP contribution is 2.40. The monoisotopic (exact) mass is 591 g/mol. The van der Waals surface area contributed by atoms with E-state index in [-0.39, 0.29) is 42.8 Å². The smallest absolute Gasteiger partial charge is 0.338 e. The molecule has 1 fully saturated rings. The maximum atomic E-state index is 13.8. The molecule has 2 aromatic rings. The summed E-state index contributed by atoms with van der Waals surface area (Å²) in [6.07, 6.45) is 1.91. The molecule has 11 heteroatoms. The number of esters is 1. The summed E-state index contributed by atoms with van der Waals surface area (Å²) in [4.78, 5) is 39.3. The third kappa shape index (κ3) is 5.73. The minimum Gasteiger partial charge on any atom is -0.462 e. The maximum Gasteiger partial charge on any atom is 0.338 e. The molecule has 198 valence electrons. The molecular weight excluding hydrogens is 562 g/mol. The first-order valence-electron chi connectivity index (χ1n) is 12.4. The van der Waals surface area contributed by atoms with Crippen LogP contribution in [0.3, 0.4) is 0 Å². The van der Waals surface area contributed by atoms with Crippen molar-refractivity contribution in [1.29, 1.82) is 0 Å². The third-order valence-corrected chi connectivity index (χ3v) is 8.95. The number of piperidine rings is 1. The second kappa shape index (κ2) is 11.3. The van der Waals surface area contributed by atoms with E-state index in [9.17, 15) is 22.8 Å². The van der Waals surface area contributed by atoms with Gasteiger partial charge in [-0.2, -0.15) is 4.31 Å². The predicted molar refractivity (Wildman–Crippen MR) is 143 cm³/mol. The molecule has 1 N–H and O–H groups in total. The van der Waals surface area contributed by atoms with Gasteiger partial charge in [0.15, 0.2) is 0 Å². The van der Waals surface area contributed by atoms with E-state index in [0.29, 0.717) is 47.2 Å². The Bertz CT molecular complexity index is 1330. The molecule has 0 bridgehead atoms. The van der Waals surface area contributed by atoms with E-state index in [0.717, 1.165) is 5.56 Å². The lowest BCUT2D eigenvalue weighted by atomic mass is 9.98. The second-order valence-electron chi connectivity index (χ2n) is 9.05. The van der Waals surface area contributed by atoms with Crippen molar-refractivity contribution < 1.29 is 27.5 Å². The molecule has 2 aliphatic heterocycles. The van der Waals surface area contributed by atoms with E-state index in [1.165, 1.54) is 10.4 Å². The van der Waals surface area contributed by atoms with Gasteiger partial charge in [0.2, 0.25) is 21.8 Å². The third-order valence-electron chi connectivity index (χ3n) is 6.61. The van der Waals surface area contributed by atoms with Crippen LogP contribution in [0.1, 0.15) is 49.0 Å². The lowest BCUT2D eigenvalue weighted by Crippen LogP contribution is -2.44. The normalized spacial score (nSPS) is 17.8. The molecule has 0 saturated carbocycles. The number of halogens is 1. The quantitative estimate of drug-likeness (QED) is 0.487. The standard InChI is InChI=1S/C26H30BrN3O6S/c1-3-23(31)30-12-10-17-13-20(27)15-22(24(17)30)37(34,35)29-11-6-8-19(16-29)25(32)28-21-9-5-7-18(14-21)26(33)36-4-2/h5,7,9,13-15,19H,3-4,6,8,10-12,16H2,1-2H3,(H,28,32). The molecule has 37 heavy (non-hydrogen) atoms. The number of carbonyl (C=O) groups excluding carboxylic acids is 3. The molecule has 9 nitrogen and oxygen atoms in total. The number of amides is 2. The Hall–Kier alpha value is -2.76. The van der Waals surface area contributed by atoms with Crippen molar-refractivity contribution in [3.63, 3.8) is 0 Å². The maximum absolute atomic E-state index is 13.8. The zero-order chi connectivity index (χ0) is 26.7. The fourth-order valence-corrected chi connectivity index (χ4v) is 7.24. The van der Waals surface area contributed by atoms with Crippen LogP contribution < -0.4 is 10.2 Å². The van der Waals surface area contributed by atoms with Crippen LogP contribution in [0, 0.1) is 5.92 Å². The summed E-state index contributed by atoms with van der Waals surface area (Å²) in [5, 5.41) is 2.81. The van der Waals surface area contributed by atoms with Gasteiger partial charge >= 0.3 is 5.97 Å². The minimum absolute atomic E-state index is 0.0226. The molecule has 0 aliphatic carbocycles. The summed E-state index contributed by atoms with van der Waals surface area (Å²) in [6, 6.07) is 9.86. The van der Waals surface area contributed by atoms with Crippen LogP contribution in [-0.2, 0) is 30.8 Å². The number of benzene rings is 2. The zero-order valence-corrected chi connectivity index (χ0v) is 23.2. The fourth-order valence-electron chi connectivity index (χ4n) is 4.80. The largest absolute Gasteiger partial charge is 0.462 e. The molecule has 1 saturated heterocycles.